The Morgan fingerprint density at radius 3 is 2.71 bits per heavy atom. The fourth-order valence-corrected chi connectivity index (χ4v) is 3.71. The van der Waals surface area contributed by atoms with Crippen molar-refractivity contribution in [2.75, 3.05) is 11.4 Å². The van der Waals surface area contributed by atoms with Crippen LogP contribution >= 0.6 is 23.2 Å². The molecule has 2 aromatic carbocycles. The van der Waals surface area contributed by atoms with E-state index in [1.54, 1.807) is 11.0 Å². The summed E-state index contributed by atoms with van der Waals surface area (Å²) < 4.78 is 0. The molecule has 0 bridgehead atoms. The molecule has 0 atom stereocenters. The number of para-hydroxylation sites is 1. The zero-order chi connectivity index (χ0) is 16.7. The van der Waals surface area contributed by atoms with E-state index in [1.165, 1.54) is 0 Å². The number of carbonyl (C=O) groups is 1. The third-order valence-corrected chi connectivity index (χ3v) is 4.77. The molecule has 3 aromatic rings. The van der Waals surface area contributed by atoms with Gasteiger partial charge in [-0.15, -0.1) is 0 Å². The van der Waals surface area contributed by atoms with Crippen LogP contribution in [0.15, 0.2) is 54.2 Å². The minimum Gasteiger partial charge on any atom is -0.360 e. The number of halogens is 2. The molecule has 4 rings (SSSR count). The third kappa shape index (κ3) is 2.60. The summed E-state index contributed by atoms with van der Waals surface area (Å²) in [5.41, 5.74) is 3.48. The summed E-state index contributed by atoms with van der Waals surface area (Å²) in [6.07, 6.45) is 4.49. The molecular formula is C19H14Cl2N2O. The molecule has 1 amide bonds. The van der Waals surface area contributed by atoms with Crippen LogP contribution in [-0.4, -0.2) is 17.4 Å². The second-order valence-corrected chi connectivity index (χ2v) is 6.61. The van der Waals surface area contributed by atoms with Crippen LogP contribution in [0.25, 0.3) is 17.0 Å². The van der Waals surface area contributed by atoms with Crippen molar-refractivity contribution < 1.29 is 4.79 Å². The van der Waals surface area contributed by atoms with Gasteiger partial charge in [-0.3, -0.25) is 4.79 Å². The van der Waals surface area contributed by atoms with Crippen molar-refractivity contribution in [3.63, 3.8) is 0 Å². The number of hydrogen-bond donors (Lipinski definition) is 1. The first-order valence-corrected chi connectivity index (χ1v) is 8.43. The number of H-pyrrole nitrogens is 1. The number of rotatable bonds is 2. The Bertz CT molecular complexity index is 960. The van der Waals surface area contributed by atoms with Crippen LogP contribution in [0.5, 0.6) is 0 Å². The number of anilines is 1. The van der Waals surface area contributed by atoms with Gasteiger partial charge in [-0.2, -0.15) is 0 Å². The van der Waals surface area contributed by atoms with Crippen molar-refractivity contribution in [3.8, 4) is 0 Å². The Kier molecular flexibility index (Phi) is 3.83. The maximum atomic E-state index is 12.7. The van der Waals surface area contributed by atoms with Crippen molar-refractivity contribution in [2.45, 2.75) is 6.42 Å². The highest BCUT2D eigenvalue weighted by Crippen LogP contribution is 2.33. The minimum atomic E-state index is 0.0423. The number of amides is 1. The quantitative estimate of drug-likeness (QED) is 0.621. The molecule has 120 valence electrons. The van der Waals surface area contributed by atoms with Gasteiger partial charge in [0.1, 0.15) is 0 Å². The van der Waals surface area contributed by atoms with E-state index >= 15 is 0 Å². The maximum absolute atomic E-state index is 12.7. The molecule has 0 aliphatic carbocycles. The summed E-state index contributed by atoms with van der Waals surface area (Å²) in [6, 6.07) is 13.3. The third-order valence-electron chi connectivity index (χ3n) is 4.25. The van der Waals surface area contributed by atoms with E-state index in [0.29, 0.717) is 23.0 Å². The zero-order valence-corrected chi connectivity index (χ0v) is 14.2. The topological polar surface area (TPSA) is 36.1 Å². The summed E-state index contributed by atoms with van der Waals surface area (Å²) in [4.78, 5) is 17.7. The number of nitrogens with zero attached hydrogens (tertiary/aromatic N) is 1. The van der Waals surface area contributed by atoms with Crippen molar-refractivity contribution in [1.82, 2.24) is 4.98 Å². The van der Waals surface area contributed by atoms with Crippen LogP contribution in [0.2, 0.25) is 10.0 Å². The highest BCUT2D eigenvalue weighted by atomic mass is 35.5. The van der Waals surface area contributed by atoms with Gasteiger partial charge in [0.2, 0.25) is 0 Å². The molecule has 0 saturated carbocycles. The number of fused-ring (bicyclic) bond motifs is 1. The van der Waals surface area contributed by atoms with Crippen LogP contribution in [-0.2, 0) is 4.79 Å². The van der Waals surface area contributed by atoms with Crippen molar-refractivity contribution in [3.05, 3.63) is 69.8 Å². The molecule has 3 nitrogen and oxygen atoms in total. The van der Waals surface area contributed by atoms with E-state index in [-0.39, 0.29) is 5.91 Å². The molecule has 2 heterocycles. The van der Waals surface area contributed by atoms with Gasteiger partial charge >= 0.3 is 0 Å². The molecule has 0 unspecified atom stereocenters. The molecule has 1 N–H and O–H groups in total. The second-order valence-electron chi connectivity index (χ2n) is 5.77. The minimum absolute atomic E-state index is 0.0423. The van der Waals surface area contributed by atoms with Crippen molar-refractivity contribution in [1.29, 1.82) is 0 Å². The second kappa shape index (κ2) is 6.00. The van der Waals surface area contributed by atoms with Crippen molar-refractivity contribution in [2.24, 2.45) is 0 Å². The number of aromatic amines is 1. The Balaban J connectivity index is 1.71. The molecule has 1 aliphatic rings. The monoisotopic (exact) mass is 356 g/mol. The summed E-state index contributed by atoms with van der Waals surface area (Å²) in [5, 5.41) is 2.05. The van der Waals surface area contributed by atoms with E-state index in [0.717, 1.165) is 27.7 Å². The van der Waals surface area contributed by atoms with Gasteiger partial charge in [-0.05, 0) is 36.8 Å². The summed E-state index contributed by atoms with van der Waals surface area (Å²) in [6.45, 7) is 0.691. The number of nitrogens with one attached hydrogen (secondary N) is 1. The first-order chi connectivity index (χ1) is 11.6. The Morgan fingerprint density at radius 2 is 1.92 bits per heavy atom. The van der Waals surface area contributed by atoms with Gasteiger partial charge in [-0.1, -0.05) is 41.4 Å². The van der Waals surface area contributed by atoms with Crippen LogP contribution in [0, 0.1) is 0 Å². The maximum Gasteiger partial charge on any atom is 0.254 e. The Labute approximate surface area is 149 Å². The van der Waals surface area contributed by atoms with E-state index in [1.807, 2.05) is 48.7 Å². The van der Waals surface area contributed by atoms with Crippen LogP contribution in [0.4, 0.5) is 5.69 Å². The molecule has 0 radical (unpaired) electrons. The average molecular weight is 357 g/mol. The van der Waals surface area contributed by atoms with Crippen molar-refractivity contribution >= 4 is 51.8 Å². The number of aromatic nitrogens is 1. The van der Waals surface area contributed by atoms with Crippen LogP contribution in [0.3, 0.4) is 0 Å². The Hall–Kier alpha value is -2.23. The van der Waals surface area contributed by atoms with Gasteiger partial charge < -0.3 is 9.88 Å². The molecule has 24 heavy (non-hydrogen) atoms. The van der Waals surface area contributed by atoms with Gasteiger partial charge in [0, 0.05) is 45.5 Å². The summed E-state index contributed by atoms with van der Waals surface area (Å²) in [7, 11) is 0. The summed E-state index contributed by atoms with van der Waals surface area (Å²) in [5.74, 6) is 0.0423. The highest BCUT2D eigenvalue weighted by molar-refractivity contribution is 6.39. The molecular weight excluding hydrogens is 343 g/mol. The van der Waals surface area contributed by atoms with Gasteiger partial charge in [0.05, 0.1) is 5.02 Å². The van der Waals surface area contributed by atoms with E-state index in [2.05, 4.69) is 4.98 Å². The highest BCUT2D eigenvalue weighted by Gasteiger charge is 2.27. The first-order valence-electron chi connectivity index (χ1n) is 7.67. The molecule has 1 aliphatic heterocycles. The number of carbonyl (C=O) groups excluding carboxylic acids is 1. The molecule has 5 heteroatoms. The fourth-order valence-electron chi connectivity index (χ4n) is 3.11. The lowest BCUT2D eigenvalue weighted by Gasteiger charge is -2.14. The van der Waals surface area contributed by atoms with Gasteiger partial charge in [-0.25, -0.2) is 0 Å². The number of benzene rings is 2. The van der Waals surface area contributed by atoms with E-state index in [4.69, 9.17) is 23.2 Å². The smallest absolute Gasteiger partial charge is 0.254 e. The predicted molar refractivity (Wildman–Crippen MR) is 99.7 cm³/mol. The predicted octanol–water partition coefficient (Wildman–Crippen LogP) is 5.30. The van der Waals surface area contributed by atoms with Crippen LogP contribution in [0.1, 0.15) is 12.0 Å². The molecule has 0 spiro atoms. The SMILES string of the molecule is O=C1C(=Cc2c[nH]c3cc(Cl)cc(Cl)c23)CCN1c1ccccc1. The average Bonchev–Trinajstić information content (AvgIpc) is 3.13. The Morgan fingerprint density at radius 1 is 1.12 bits per heavy atom. The zero-order valence-electron chi connectivity index (χ0n) is 12.7. The molecule has 1 saturated heterocycles. The lowest BCUT2D eigenvalue weighted by molar-refractivity contribution is -0.114. The number of hydrogen-bond acceptors (Lipinski definition) is 1. The normalized spacial score (nSPS) is 16.5. The largest absolute Gasteiger partial charge is 0.360 e. The first kappa shape index (κ1) is 15.3. The fraction of sp³-hybridized carbons (Fsp3) is 0.105. The van der Waals surface area contributed by atoms with E-state index < -0.39 is 0 Å². The lowest BCUT2D eigenvalue weighted by Crippen LogP contribution is -2.24. The standard InChI is InChI=1S/C19H14Cl2N2O/c20-14-9-16(21)18-13(11-22-17(18)10-14)8-12-6-7-23(19(12)24)15-4-2-1-3-5-15/h1-5,8-11,22H,6-7H2. The summed E-state index contributed by atoms with van der Waals surface area (Å²) >= 11 is 12.4. The molecule has 1 fully saturated rings. The van der Waals surface area contributed by atoms with Gasteiger partial charge in [0.15, 0.2) is 0 Å². The molecule has 1 aromatic heterocycles. The lowest BCUT2D eigenvalue weighted by atomic mass is 10.1. The van der Waals surface area contributed by atoms with Crippen LogP contribution < -0.4 is 4.90 Å². The van der Waals surface area contributed by atoms with Gasteiger partial charge in [0.25, 0.3) is 5.91 Å². The van der Waals surface area contributed by atoms with E-state index in [9.17, 15) is 4.79 Å².